The van der Waals surface area contributed by atoms with Crippen LogP contribution in [-0.2, 0) is 16.6 Å². The second-order valence-corrected chi connectivity index (χ2v) is 5.16. The van der Waals surface area contributed by atoms with E-state index in [-0.39, 0.29) is 11.3 Å². The molecule has 1 aliphatic carbocycles. The predicted octanol–water partition coefficient (Wildman–Crippen LogP) is 2.01. The summed E-state index contributed by atoms with van der Waals surface area (Å²) in [5, 5.41) is 9.31. The van der Waals surface area contributed by atoms with Crippen molar-refractivity contribution in [2.75, 3.05) is 11.9 Å². The molecular formula is C14H14N2O. The van der Waals surface area contributed by atoms with Crippen LogP contribution in [0.15, 0.2) is 18.2 Å². The van der Waals surface area contributed by atoms with E-state index in [2.05, 4.69) is 13.0 Å². The highest BCUT2D eigenvalue weighted by Gasteiger charge is 2.53. The monoisotopic (exact) mass is 226 g/mol. The lowest BCUT2D eigenvalue weighted by Crippen LogP contribution is -2.20. The number of fused-ring (bicyclic) bond motifs is 1. The molecule has 1 heterocycles. The van der Waals surface area contributed by atoms with Crippen molar-refractivity contribution >= 4 is 11.6 Å². The molecule has 2 unspecified atom stereocenters. The zero-order valence-electron chi connectivity index (χ0n) is 10.0. The fourth-order valence-corrected chi connectivity index (χ4v) is 2.79. The Labute approximate surface area is 101 Å². The van der Waals surface area contributed by atoms with E-state index in [1.807, 2.05) is 18.2 Å². The minimum Gasteiger partial charge on any atom is -0.315 e. The Kier molecular flexibility index (Phi) is 1.89. The smallest absolute Gasteiger partial charge is 0.231 e. The van der Waals surface area contributed by atoms with Crippen molar-refractivity contribution in [3.05, 3.63) is 29.3 Å². The Morgan fingerprint density at radius 1 is 1.53 bits per heavy atom. The highest BCUT2D eigenvalue weighted by atomic mass is 16.2. The molecule has 3 nitrogen and oxygen atoms in total. The first-order chi connectivity index (χ1) is 8.08. The number of nitrogens with zero attached hydrogens (tertiary/aromatic N) is 2. The Balaban J connectivity index is 2.05. The van der Waals surface area contributed by atoms with Crippen LogP contribution in [0.2, 0.25) is 0 Å². The molecule has 2 atom stereocenters. The van der Waals surface area contributed by atoms with Crippen molar-refractivity contribution in [1.82, 2.24) is 0 Å². The van der Waals surface area contributed by atoms with Gasteiger partial charge in [0.25, 0.3) is 0 Å². The van der Waals surface area contributed by atoms with E-state index in [0.717, 1.165) is 23.2 Å². The third-order valence-electron chi connectivity index (χ3n) is 4.18. The number of rotatable bonds is 1. The summed E-state index contributed by atoms with van der Waals surface area (Å²) in [4.78, 5) is 13.3. The Bertz CT molecular complexity index is 558. The molecule has 0 radical (unpaired) electrons. The largest absolute Gasteiger partial charge is 0.315 e. The number of hydrogen-bond donors (Lipinski definition) is 0. The molecular weight excluding hydrogens is 212 g/mol. The summed E-state index contributed by atoms with van der Waals surface area (Å²) in [6, 6.07) is 8.45. The molecule has 0 spiro atoms. The molecule has 1 aliphatic heterocycles. The lowest BCUT2D eigenvalue weighted by atomic mass is 9.93. The van der Waals surface area contributed by atoms with Gasteiger partial charge >= 0.3 is 0 Å². The van der Waals surface area contributed by atoms with Gasteiger partial charge in [-0.1, -0.05) is 19.1 Å². The molecule has 3 heteroatoms. The predicted molar refractivity (Wildman–Crippen MR) is 64.6 cm³/mol. The number of nitriles is 1. The van der Waals surface area contributed by atoms with Crippen molar-refractivity contribution < 1.29 is 4.79 Å². The van der Waals surface area contributed by atoms with Crippen LogP contribution >= 0.6 is 0 Å². The molecule has 17 heavy (non-hydrogen) atoms. The number of hydrogen-bond acceptors (Lipinski definition) is 2. The van der Waals surface area contributed by atoms with Crippen LogP contribution in [0.5, 0.6) is 0 Å². The van der Waals surface area contributed by atoms with Gasteiger partial charge in [0.1, 0.15) is 0 Å². The third-order valence-corrected chi connectivity index (χ3v) is 4.18. The van der Waals surface area contributed by atoms with Gasteiger partial charge in [-0.25, -0.2) is 0 Å². The fourth-order valence-electron chi connectivity index (χ4n) is 2.79. The van der Waals surface area contributed by atoms with Crippen LogP contribution in [0, 0.1) is 17.2 Å². The first kappa shape index (κ1) is 10.3. The minimum atomic E-state index is -0.292. The van der Waals surface area contributed by atoms with E-state index in [9.17, 15) is 10.1 Å². The molecule has 3 rings (SSSR count). The van der Waals surface area contributed by atoms with Crippen molar-refractivity contribution in [2.45, 2.75) is 25.2 Å². The van der Waals surface area contributed by atoms with Gasteiger partial charge in [0, 0.05) is 12.7 Å². The molecule has 0 saturated heterocycles. The molecule has 1 fully saturated rings. The Morgan fingerprint density at radius 2 is 2.24 bits per heavy atom. The van der Waals surface area contributed by atoms with Gasteiger partial charge < -0.3 is 4.90 Å². The SMILES string of the molecule is CC1CC1(C#N)c1ccc2c(c1)CC(=O)N2C. The molecule has 1 saturated carbocycles. The van der Waals surface area contributed by atoms with Crippen molar-refractivity contribution in [2.24, 2.45) is 5.92 Å². The van der Waals surface area contributed by atoms with E-state index in [4.69, 9.17) is 0 Å². The number of benzene rings is 1. The van der Waals surface area contributed by atoms with Crippen LogP contribution in [0.3, 0.4) is 0 Å². The Morgan fingerprint density at radius 3 is 2.82 bits per heavy atom. The molecule has 1 amide bonds. The zero-order valence-corrected chi connectivity index (χ0v) is 10.0. The molecule has 1 aromatic carbocycles. The van der Waals surface area contributed by atoms with Gasteiger partial charge in [0.05, 0.1) is 17.9 Å². The number of likely N-dealkylation sites (N-methyl/N-ethyl adjacent to an activating group) is 1. The molecule has 1 aromatic rings. The summed E-state index contributed by atoms with van der Waals surface area (Å²) in [6.07, 6.45) is 1.40. The summed E-state index contributed by atoms with van der Waals surface area (Å²) >= 11 is 0. The second-order valence-electron chi connectivity index (χ2n) is 5.16. The lowest BCUT2D eigenvalue weighted by Gasteiger charge is -2.12. The zero-order chi connectivity index (χ0) is 12.2. The maximum absolute atomic E-state index is 11.6. The van der Waals surface area contributed by atoms with Gasteiger partial charge in [-0.05, 0) is 29.5 Å². The maximum Gasteiger partial charge on any atom is 0.231 e. The number of amides is 1. The van der Waals surface area contributed by atoms with E-state index >= 15 is 0 Å². The van der Waals surface area contributed by atoms with E-state index in [1.54, 1.807) is 11.9 Å². The number of carbonyl (C=O) groups excluding carboxylic acids is 1. The average molecular weight is 226 g/mol. The van der Waals surface area contributed by atoms with Crippen LogP contribution in [0.1, 0.15) is 24.5 Å². The first-order valence-corrected chi connectivity index (χ1v) is 5.90. The highest BCUT2D eigenvalue weighted by molar-refractivity contribution is 6.01. The van der Waals surface area contributed by atoms with Crippen LogP contribution in [0.4, 0.5) is 5.69 Å². The maximum atomic E-state index is 11.6. The van der Waals surface area contributed by atoms with Gasteiger partial charge in [0.15, 0.2) is 0 Å². The summed E-state index contributed by atoms with van der Waals surface area (Å²) in [6.45, 7) is 2.10. The van der Waals surface area contributed by atoms with Gasteiger partial charge in [-0.3, -0.25) is 4.79 Å². The molecule has 0 aromatic heterocycles. The van der Waals surface area contributed by atoms with Crippen molar-refractivity contribution in [1.29, 1.82) is 5.26 Å². The van der Waals surface area contributed by atoms with E-state index < -0.39 is 0 Å². The standard InChI is InChI=1S/C14H14N2O/c1-9-7-14(9,8-15)11-3-4-12-10(5-11)6-13(17)16(12)2/h3-5,9H,6-7H2,1-2H3. The topological polar surface area (TPSA) is 44.1 Å². The number of anilines is 1. The van der Waals surface area contributed by atoms with Crippen LogP contribution in [0.25, 0.3) is 0 Å². The lowest BCUT2D eigenvalue weighted by molar-refractivity contribution is -0.117. The van der Waals surface area contributed by atoms with Gasteiger partial charge in [-0.15, -0.1) is 0 Å². The normalized spacial score (nSPS) is 30.1. The quantitative estimate of drug-likeness (QED) is 0.735. The van der Waals surface area contributed by atoms with Gasteiger partial charge in [0.2, 0.25) is 5.91 Å². The van der Waals surface area contributed by atoms with Crippen molar-refractivity contribution in [3.63, 3.8) is 0 Å². The molecule has 86 valence electrons. The molecule has 0 N–H and O–H groups in total. The number of carbonyl (C=O) groups is 1. The molecule has 2 aliphatic rings. The molecule has 0 bridgehead atoms. The minimum absolute atomic E-state index is 0.131. The van der Waals surface area contributed by atoms with Crippen LogP contribution < -0.4 is 4.90 Å². The first-order valence-electron chi connectivity index (χ1n) is 5.90. The summed E-state index contributed by atoms with van der Waals surface area (Å²) in [5.41, 5.74) is 2.83. The summed E-state index contributed by atoms with van der Waals surface area (Å²) in [7, 11) is 1.80. The highest BCUT2D eigenvalue weighted by Crippen LogP contribution is 2.54. The summed E-state index contributed by atoms with van der Waals surface area (Å²) < 4.78 is 0. The van der Waals surface area contributed by atoms with E-state index in [1.165, 1.54) is 0 Å². The van der Waals surface area contributed by atoms with E-state index in [0.29, 0.717) is 12.3 Å². The van der Waals surface area contributed by atoms with Crippen LogP contribution in [-0.4, -0.2) is 13.0 Å². The Hall–Kier alpha value is -1.82. The van der Waals surface area contributed by atoms with Crippen molar-refractivity contribution in [3.8, 4) is 6.07 Å². The second kappa shape index (κ2) is 3.10. The fraction of sp³-hybridized carbons (Fsp3) is 0.429. The average Bonchev–Trinajstić information content (AvgIpc) is 2.91. The third kappa shape index (κ3) is 1.24. The summed E-state index contributed by atoms with van der Waals surface area (Å²) in [5.74, 6) is 0.562. The van der Waals surface area contributed by atoms with Gasteiger partial charge in [-0.2, -0.15) is 5.26 Å².